The quantitative estimate of drug-likeness (QED) is 0.243. The molecule has 0 aliphatic heterocycles. The Morgan fingerprint density at radius 2 is 1.74 bits per heavy atom. The van der Waals surface area contributed by atoms with E-state index in [0.717, 1.165) is 16.3 Å². The van der Waals surface area contributed by atoms with Crippen molar-refractivity contribution in [3.8, 4) is 0 Å². The highest BCUT2D eigenvalue weighted by Gasteiger charge is 2.26. The van der Waals surface area contributed by atoms with E-state index in [4.69, 9.17) is 4.74 Å². The summed E-state index contributed by atoms with van der Waals surface area (Å²) in [6, 6.07) is 0. The first-order valence-corrected chi connectivity index (χ1v) is 11.8. The third-order valence-corrected chi connectivity index (χ3v) is 6.45. The molecule has 10 nitrogen and oxygen atoms in total. The van der Waals surface area contributed by atoms with Crippen molar-refractivity contribution >= 4 is 34.5 Å². The molecule has 3 heterocycles. The molecule has 0 aliphatic carbocycles. The van der Waals surface area contributed by atoms with Crippen molar-refractivity contribution in [2.24, 2.45) is 14.1 Å². The Balaban J connectivity index is 2.07. The highest BCUT2D eigenvalue weighted by Crippen LogP contribution is 2.28. The maximum atomic E-state index is 13.1. The summed E-state index contributed by atoms with van der Waals surface area (Å²) in [5, 5.41) is 0.507. The van der Waals surface area contributed by atoms with Gasteiger partial charge in [-0.3, -0.25) is 18.7 Å². The van der Waals surface area contributed by atoms with Crippen LogP contribution in [0.4, 0.5) is 0 Å². The number of nitrogens with one attached hydrogen (secondary N) is 1. The summed E-state index contributed by atoms with van der Waals surface area (Å²) in [5.74, 6) is -0.326. The van der Waals surface area contributed by atoms with Gasteiger partial charge in [0.15, 0.2) is 11.4 Å². The summed E-state index contributed by atoms with van der Waals surface area (Å²) < 4.78 is 7.40. The van der Waals surface area contributed by atoms with Gasteiger partial charge in [0.25, 0.3) is 5.56 Å². The zero-order valence-corrected chi connectivity index (χ0v) is 21.5. The maximum Gasteiger partial charge on any atom is 0.340 e. The van der Waals surface area contributed by atoms with E-state index < -0.39 is 22.6 Å². The molecule has 0 aliphatic rings. The first-order chi connectivity index (χ1) is 15.8. The van der Waals surface area contributed by atoms with Gasteiger partial charge < -0.3 is 9.72 Å². The molecule has 0 saturated heterocycles. The number of hydrogen-bond donors (Lipinski definition) is 1. The molecule has 0 radical (unpaired) electrons. The zero-order valence-electron chi connectivity index (χ0n) is 20.7. The topological polar surface area (TPSA) is 129 Å². The number of H-pyrrole nitrogens is 1. The fourth-order valence-electron chi connectivity index (χ4n) is 3.61. The maximum absolute atomic E-state index is 13.1. The smallest absolute Gasteiger partial charge is 0.340 e. The molecule has 0 atom stereocenters. The Labute approximate surface area is 200 Å². The summed E-state index contributed by atoms with van der Waals surface area (Å²) >= 11 is 1.10. The monoisotopic (exact) mass is 487 g/mol. The van der Waals surface area contributed by atoms with Crippen LogP contribution in [0.5, 0.6) is 0 Å². The molecule has 0 aromatic carbocycles. The highest BCUT2D eigenvalue weighted by atomic mass is 32.2. The Morgan fingerprint density at radius 3 is 2.32 bits per heavy atom. The standard InChI is InChI=1S/C23H29N5O5S/c1-9-33-20(31)14-11(2)16(24-12(14)3)13(29)10-34-18-15-17(25-21(26-18)23(4,5)6)27(7)22(32)28(8)19(15)30/h24H,9-10H2,1-8H3. The lowest BCUT2D eigenvalue weighted by Crippen LogP contribution is -2.38. The summed E-state index contributed by atoms with van der Waals surface area (Å²) in [6.07, 6.45) is 0. The van der Waals surface area contributed by atoms with Crippen LogP contribution in [0.3, 0.4) is 0 Å². The molecule has 0 spiro atoms. The van der Waals surface area contributed by atoms with Gasteiger partial charge in [-0.1, -0.05) is 32.5 Å². The minimum absolute atomic E-state index is 0.0370. The van der Waals surface area contributed by atoms with E-state index in [0.29, 0.717) is 33.4 Å². The van der Waals surface area contributed by atoms with Crippen LogP contribution in [-0.4, -0.2) is 48.2 Å². The van der Waals surface area contributed by atoms with Gasteiger partial charge in [-0.2, -0.15) is 0 Å². The number of rotatable bonds is 6. The summed E-state index contributed by atoms with van der Waals surface area (Å²) in [4.78, 5) is 62.9. The van der Waals surface area contributed by atoms with E-state index in [1.54, 1.807) is 27.8 Å². The number of fused-ring (bicyclic) bond motifs is 1. The number of thioether (sulfide) groups is 1. The van der Waals surface area contributed by atoms with E-state index in [9.17, 15) is 19.2 Å². The average Bonchev–Trinajstić information content (AvgIpc) is 3.07. The van der Waals surface area contributed by atoms with Crippen LogP contribution in [0.2, 0.25) is 0 Å². The summed E-state index contributed by atoms with van der Waals surface area (Å²) in [5.41, 5.74) is 0.478. The van der Waals surface area contributed by atoms with Crippen LogP contribution in [0, 0.1) is 13.8 Å². The molecule has 0 bridgehead atoms. The number of aromatic amines is 1. The van der Waals surface area contributed by atoms with Crippen LogP contribution in [0.25, 0.3) is 11.0 Å². The third-order valence-electron chi connectivity index (χ3n) is 5.47. The van der Waals surface area contributed by atoms with E-state index >= 15 is 0 Å². The van der Waals surface area contributed by atoms with Gasteiger partial charge in [-0.05, 0) is 26.3 Å². The molecule has 0 amide bonds. The van der Waals surface area contributed by atoms with Crippen molar-refractivity contribution in [1.82, 2.24) is 24.1 Å². The van der Waals surface area contributed by atoms with E-state index in [1.165, 1.54) is 11.6 Å². The molecule has 3 rings (SSSR count). The predicted molar refractivity (Wildman–Crippen MR) is 130 cm³/mol. The molecule has 3 aromatic rings. The van der Waals surface area contributed by atoms with Gasteiger partial charge in [-0.25, -0.2) is 19.6 Å². The predicted octanol–water partition coefficient (Wildman–Crippen LogP) is 2.42. The zero-order chi connectivity index (χ0) is 25.5. The first kappa shape index (κ1) is 25.4. The fraction of sp³-hybridized carbons (Fsp3) is 0.478. The Kier molecular flexibility index (Phi) is 6.88. The van der Waals surface area contributed by atoms with E-state index in [1.807, 2.05) is 20.8 Å². The minimum atomic E-state index is -0.523. The number of nitrogens with zero attached hydrogens (tertiary/aromatic N) is 4. The lowest BCUT2D eigenvalue weighted by Gasteiger charge is -2.19. The molecule has 3 aromatic heterocycles. The van der Waals surface area contributed by atoms with E-state index in [-0.39, 0.29) is 29.2 Å². The number of hydrogen-bond acceptors (Lipinski definition) is 8. The number of aromatic nitrogens is 5. The van der Waals surface area contributed by atoms with E-state index in [2.05, 4.69) is 15.0 Å². The van der Waals surface area contributed by atoms with Gasteiger partial charge in [-0.15, -0.1) is 0 Å². The average molecular weight is 488 g/mol. The molecule has 11 heteroatoms. The number of esters is 1. The van der Waals surface area contributed by atoms with Crippen LogP contribution in [0.1, 0.15) is 65.6 Å². The lowest BCUT2D eigenvalue weighted by molar-refractivity contribution is 0.0525. The fourth-order valence-corrected chi connectivity index (χ4v) is 4.50. The second kappa shape index (κ2) is 9.21. The summed E-state index contributed by atoms with van der Waals surface area (Å²) in [6.45, 7) is 11.1. The van der Waals surface area contributed by atoms with Crippen molar-refractivity contribution in [3.63, 3.8) is 0 Å². The van der Waals surface area contributed by atoms with Crippen molar-refractivity contribution in [3.05, 3.63) is 49.2 Å². The molecule has 34 heavy (non-hydrogen) atoms. The number of carbonyl (C=O) groups is 2. The molecule has 0 fully saturated rings. The number of Topliss-reactive ketones (excluding diaryl/α,β-unsaturated/α-hetero) is 1. The Bertz CT molecular complexity index is 1420. The lowest BCUT2D eigenvalue weighted by atomic mass is 9.96. The third kappa shape index (κ3) is 4.44. The van der Waals surface area contributed by atoms with Crippen molar-refractivity contribution in [1.29, 1.82) is 0 Å². The second-order valence-corrected chi connectivity index (χ2v) is 10.0. The SMILES string of the molecule is CCOC(=O)c1c(C)[nH]c(C(=O)CSc2nc(C(C)(C)C)nc3c2c(=O)n(C)c(=O)n3C)c1C. The highest BCUT2D eigenvalue weighted by molar-refractivity contribution is 8.00. The molecule has 0 unspecified atom stereocenters. The largest absolute Gasteiger partial charge is 0.462 e. The molecular weight excluding hydrogens is 458 g/mol. The minimum Gasteiger partial charge on any atom is -0.462 e. The summed E-state index contributed by atoms with van der Waals surface area (Å²) in [7, 11) is 2.94. The molecule has 182 valence electrons. The van der Waals surface area contributed by atoms with Crippen LogP contribution in [0.15, 0.2) is 14.6 Å². The van der Waals surface area contributed by atoms with Crippen molar-refractivity contribution in [2.75, 3.05) is 12.4 Å². The van der Waals surface area contributed by atoms with Crippen LogP contribution in [-0.2, 0) is 24.2 Å². The van der Waals surface area contributed by atoms with Crippen molar-refractivity contribution < 1.29 is 14.3 Å². The van der Waals surface area contributed by atoms with Gasteiger partial charge in [0, 0.05) is 25.2 Å². The van der Waals surface area contributed by atoms with Gasteiger partial charge in [0.2, 0.25) is 0 Å². The Morgan fingerprint density at radius 1 is 1.09 bits per heavy atom. The molecular formula is C23H29N5O5S. The van der Waals surface area contributed by atoms with Gasteiger partial charge in [0.1, 0.15) is 16.2 Å². The number of aryl methyl sites for hydroxylation is 2. The number of ketones is 1. The second-order valence-electron chi connectivity index (χ2n) is 9.06. The number of ether oxygens (including phenoxy) is 1. The molecule has 1 N–H and O–H groups in total. The Hall–Kier alpha value is -3.21. The van der Waals surface area contributed by atoms with Crippen LogP contribution >= 0.6 is 11.8 Å². The van der Waals surface area contributed by atoms with Crippen molar-refractivity contribution in [2.45, 2.75) is 52.0 Å². The molecule has 0 saturated carbocycles. The van der Waals surface area contributed by atoms with Crippen LogP contribution < -0.4 is 11.2 Å². The van der Waals surface area contributed by atoms with Gasteiger partial charge >= 0.3 is 11.7 Å². The first-order valence-electron chi connectivity index (χ1n) is 10.8. The normalized spacial score (nSPS) is 11.8. The number of carbonyl (C=O) groups excluding carboxylic acids is 2. The van der Waals surface area contributed by atoms with Gasteiger partial charge in [0.05, 0.1) is 23.6 Å².